The van der Waals surface area contributed by atoms with E-state index in [0.29, 0.717) is 5.69 Å². The molecule has 0 radical (unpaired) electrons. The molecule has 1 amide bonds. The summed E-state index contributed by atoms with van der Waals surface area (Å²) in [4.78, 5) is 12.0. The summed E-state index contributed by atoms with van der Waals surface area (Å²) in [6, 6.07) is 15.1. The maximum Gasteiger partial charge on any atom is 0.239 e. The molecule has 0 aliphatic heterocycles. The smallest absolute Gasteiger partial charge is 0.239 e. The van der Waals surface area contributed by atoms with Crippen LogP contribution in [0.2, 0.25) is 0 Å². The molecule has 0 atom stereocenters. The molecule has 2 rings (SSSR count). The van der Waals surface area contributed by atoms with Crippen molar-refractivity contribution >= 4 is 44.0 Å². The van der Waals surface area contributed by atoms with Crippen molar-refractivity contribution in [2.24, 2.45) is 0 Å². The molecule has 0 aromatic heterocycles. The number of sulfone groups is 1. The van der Waals surface area contributed by atoms with Crippen molar-refractivity contribution in [3.8, 4) is 0 Å². The number of carbonyl (C=O) groups is 1. The lowest BCUT2D eigenvalue weighted by Gasteiger charge is -2.06. The molecule has 104 valence electrons. The van der Waals surface area contributed by atoms with Gasteiger partial charge in [-0.05, 0) is 52.9 Å². The Bertz CT molecular complexity index is 714. The minimum Gasteiger partial charge on any atom is -0.325 e. The van der Waals surface area contributed by atoms with E-state index in [9.17, 15) is 13.2 Å². The number of halogens is 1. The summed E-state index contributed by atoms with van der Waals surface area (Å²) in [6.45, 7) is 0. The number of benzene rings is 2. The topological polar surface area (TPSA) is 63.2 Å². The van der Waals surface area contributed by atoms with Crippen LogP contribution in [0.5, 0.6) is 0 Å². The standard InChI is InChI=1S/C14H12INO3S/c15-11-5-4-6-12(9-11)16-14(17)10-20(18,19)13-7-2-1-3-8-13/h1-9H,10H2,(H,16,17). The number of amides is 1. The van der Waals surface area contributed by atoms with Crippen LogP contribution in [0.15, 0.2) is 59.5 Å². The van der Waals surface area contributed by atoms with Crippen molar-refractivity contribution in [2.75, 3.05) is 11.1 Å². The summed E-state index contributed by atoms with van der Waals surface area (Å²) in [5, 5.41) is 2.59. The molecule has 2 aromatic rings. The number of rotatable bonds is 4. The van der Waals surface area contributed by atoms with Crippen molar-refractivity contribution < 1.29 is 13.2 Å². The average molecular weight is 401 g/mol. The van der Waals surface area contributed by atoms with Gasteiger partial charge in [-0.1, -0.05) is 24.3 Å². The largest absolute Gasteiger partial charge is 0.325 e. The van der Waals surface area contributed by atoms with Crippen LogP contribution in [0.25, 0.3) is 0 Å². The molecule has 0 spiro atoms. The van der Waals surface area contributed by atoms with Crippen molar-refractivity contribution in [1.82, 2.24) is 0 Å². The molecule has 4 nitrogen and oxygen atoms in total. The lowest BCUT2D eigenvalue weighted by atomic mass is 10.3. The molecular weight excluding hydrogens is 389 g/mol. The highest BCUT2D eigenvalue weighted by molar-refractivity contribution is 14.1. The van der Waals surface area contributed by atoms with Crippen LogP contribution in [0.3, 0.4) is 0 Å². The van der Waals surface area contributed by atoms with Gasteiger partial charge in [-0.3, -0.25) is 4.79 Å². The van der Waals surface area contributed by atoms with E-state index in [1.165, 1.54) is 12.1 Å². The summed E-state index contributed by atoms with van der Waals surface area (Å²) in [7, 11) is -3.60. The molecular formula is C14H12INO3S. The lowest BCUT2D eigenvalue weighted by Crippen LogP contribution is -2.23. The van der Waals surface area contributed by atoms with Gasteiger partial charge in [-0.15, -0.1) is 0 Å². The van der Waals surface area contributed by atoms with E-state index >= 15 is 0 Å². The maximum atomic E-state index is 12.0. The van der Waals surface area contributed by atoms with Gasteiger partial charge in [0.1, 0.15) is 5.75 Å². The summed E-state index contributed by atoms with van der Waals surface area (Å²) < 4.78 is 25.0. The van der Waals surface area contributed by atoms with E-state index in [4.69, 9.17) is 0 Å². The van der Waals surface area contributed by atoms with E-state index in [-0.39, 0.29) is 4.90 Å². The molecule has 20 heavy (non-hydrogen) atoms. The number of carbonyl (C=O) groups excluding carboxylic acids is 1. The molecule has 0 saturated carbocycles. The van der Waals surface area contributed by atoms with Gasteiger partial charge in [0.2, 0.25) is 5.91 Å². The van der Waals surface area contributed by atoms with Crippen LogP contribution in [0.4, 0.5) is 5.69 Å². The summed E-state index contributed by atoms with van der Waals surface area (Å²) in [6.07, 6.45) is 0. The molecule has 0 heterocycles. The zero-order valence-corrected chi connectivity index (χ0v) is 13.4. The van der Waals surface area contributed by atoms with Gasteiger partial charge < -0.3 is 5.32 Å². The second-order valence-corrected chi connectivity index (χ2v) is 7.37. The highest BCUT2D eigenvalue weighted by Gasteiger charge is 2.18. The first-order valence-corrected chi connectivity index (χ1v) is 8.54. The van der Waals surface area contributed by atoms with Crippen molar-refractivity contribution in [2.45, 2.75) is 4.90 Å². The van der Waals surface area contributed by atoms with Gasteiger partial charge in [0.15, 0.2) is 9.84 Å². The highest BCUT2D eigenvalue weighted by atomic mass is 127. The summed E-state index contributed by atoms with van der Waals surface area (Å²) in [5.41, 5.74) is 0.588. The van der Waals surface area contributed by atoms with E-state index in [2.05, 4.69) is 27.9 Å². The Morgan fingerprint density at radius 1 is 1.05 bits per heavy atom. The zero-order chi connectivity index (χ0) is 14.6. The van der Waals surface area contributed by atoms with E-state index in [1.807, 2.05) is 6.07 Å². The van der Waals surface area contributed by atoms with Crippen LogP contribution < -0.4 is 5.32 Å². The van der Waals surface area contributed by atoms with Gasteiger partial charge in [0, 0.05) is 9.26 Å². The molecule has 0 bridgehead atoms. The number of anilines is 1. The molecule has 0 fully saturated rings. The summed E-state index contributed by atoms with van der Waals surface area (Å²) >= 11 is 2.12. The Labute approximate surface area is 131 Å². The first kappa shape index (κ1) is 15.0. The first-order valence-electron chi connectivity index (χ1n) is 5.80. The third-order valence-corrected chi connectivity index (χ3v) is 4.84. The Morgan fingerprint density at radius 3 is 2.40 bits per heavy atom. The van der Waals surface area contributed by atoms with Crippen LogP contribution >= 0.6 is 22.6 Å². The molecule has 0 saturated heterocycles. The Hall–Kier alpha value is -1.41. The highest BCUT2D eigenvalue weighted by Crippen LogP contribution is 2.14. The monoisotopic (exact) mass is 401 g/mol. The van der Waals surface area contributed by atoms with Crippen LogP contribution in [0, 0.1) is 3.57 Å². The molecule has 1 N–H and O–H groups in total. The third-order valence-electron chi connectivity index (χ3n) is 2.53. The lowest BCUT2D eigenvalue weighted by molar-refractivity contribution is -0.113. The van der Waals surface area contributed by atoms with E-state index in [1.54, 1.807) is 36.4 Å². The van der Waals surface area contributed by atoms with E-state index in [0.717, 1.165) is 3.57 Å². The second kappa shape index (κ2) is 6.36. The molecule has 0 aliphatic carbocycles. The fourth-order valence-corrected chi connectivity index (χ4v) is 3.35. The number of nitrogens with one attached hydrogen (secondary N) is 1. The Morgan fingerprint density at radius 2 is 1.75 bits per heavy atom. The minimum absolute atomic E-state index is 0.151. The Kier molecular flexibility index (Phi) is 4.77. The zero-order valence-electron chi connectivity index (χ0n) is 10.4. The molecule has 0 unspecified atom stereocenters. The first-order chi connectivity index (χ1) is 9.47. The van der Waals surface area contributed by atoms with E-state index < -0.39 is 21.5 Å². The van der Waals surface area contributed by atoms with Gasteiger partial charge in [-0.25, -0.2) is 8.42 Å². The predicted octanol–water partition coefficient (Wildman–Crippen LogP) is 2.70. The molecule has 6 heteroatoms. The quantitative estimate of drug-likeness (QED) is 0.802. The van der Waals surface area contributed by atoms with Crippen molar-refractivity contribution in [3.05, 3.63) is 58.2 Å². The SMILES string of the molecule is O=C(CS(=O)(=O)c1ccccc1)Nc1cccc(I)c1. The maximum absolute atomic E-state index is 12.0. The molecule has 0 aliphatic rings. The Balaban J connectivity index is 2.09. The van der Waals surface area contributed by atoms with Gasteiger partial charge in [0.05, 0.1) is 4.90 Å². The molecule has 2 aromatic carbocycles. The predicted molar refractivity (Wildman–Crippen MR) is 86.3 cm³/mol. The van der Waals surface area contributed by atoms with Crippen LogP contribution in [0.1, 0.15) is 0 Å². The van der Waals surface area contributed by atoms with Crippen molar-refractivity contribution in [1.29, 1.82) is 0 Å². The fourth-order valence-electron chi connectivity index (χ4n) is 1.65. The number of hydrogen-bond acceptors (Lipinski definition) is 3. The van der Waals surface area contributed by atoms with Crippen LogP contribution in [-0.4, -0.2) is 20.1 Å². The van der Waals surface area contributed by atoms with Crippen LogP contribution in [-0.2, 0) is 14.6 Å². The van der Waals surface area contributed by atoms with Gasteiger partial charge >= 0.3 is 0 Å². The number of hydrogen-bond donors (Lipinski definition) is 1. The van der Waals surface area contributed by atoms with Gasteiger partial charge in [-0.2, -0.15) is 0 Å². The normalized spacial score (nSPS) is 11.1. The minimum atomic E-state index is -3.60. The second-order valence-electron chi connectivity index (χ2n) is 4.13. The third kappa shape index (κ3) is 4.04. The van der Waals surface area contributed by atoms with Crippen molar-refractivity contribution in [3.63, 3.8) is 0 Å². The average Bonchev–Trinajstić information content (AvgIpc) is 2.39. The van der Waals surface area contributed by atoms with Gasteiger partial charge in [0.25, 0.3) is 0 Å². The summed E-state index contributed by atoms with van der Waals surface area (Å²) in [5.74, 6) is -1.11. The fraction of sp³-hybridized carbons (Fsp3) is 0.0714.